The second-order valence-corrected chi connectivity index (χ2v) is 6.59. The predicted octanol–water partition coefficient (Wildman–Crippen LogP) is 4.26. The number of amides is 1. The molecule has 1 aromatic carbocycles. The van der Waals surface area contributed by atoms with Crippen molar-refractivity contribution in [3.8, 4) is 5.75 Å². The molecule has 1 aliphatic rings. The van der Waals surface area contributed by atoms with Crippen LogP contribution in [0.1, 0.15) is 46.5 Å². The van der Waals surface area contributed by atoms with E-state index in [2.05, 4.69) is 5.32 Å². The summed E-state index contributed by atoms with van der Waals surface area (Å²) in [4.78, 5) is 22.5. The van der Waals surface area contributed by atoms with Crippen LogP contribution in [0, 0.1) is 10.1 Å². The average Bonchev–Trinajstić information content (AvgIpc) is 2.91. The van der Waals surface area contributed by atoms with E-state index in [0.717, 1.165) is 25.7 Å². The van der Waals surface area contributed by atoms with Crippen LogP contribution in [0.25, 0.3) is 0 Å². The van der Waals surface area contributed by atoms with Crippen molar-refractivity contribution < 1.29 is 19.2 Å². The molecule has 0 spiro atoms. The van der Waals surface area contributed by atoms with Gasteiger partial charge in [0.15, 0.2) is 5.75 Å². The van der Waals surface area contributed by atoms with E-state index in [-0.39, 0.29) is 17.5 Å². The molecule has 1 N–H and O–H groups in total. The van der Waals surface area contributed by atoms with Gasteiger partial charge in [-0.3, -0.25) is 15.4 Å². The van der Waals surface area contributed by atoms with Gasteiger partial charge in [0, 0.05) is 6.07 Å². The lowest BCUT2D eigenvalue weighted by molar-refractivity contribution is -0.386. The van der Waals surface area contributed by atoms with Gasteiger partial charge in [0.25, 0.3) is 0 Å². The van der Waals surface area contributed by atoms with Crippen LogP contribution < -0.4 is 10.1 Å². The van der Waals surface area contributed by atoms with E-state index < -0.39 is 16.6 Å². The van der Waals surface area contributed by atoms with E-state index in [1.54, 1.807) is 26.8 Å². The molecule has 1 saturated carbocycles. The van der Waals surface area contributed by atoms with Crippen LogP contribution in [0.5, 0.6) is 5.75 Å². The van der Waals surface area contributed by atoms with Gasteiger partial charge in [0.2, 0.25) is 0 Å². The number of nitrogens with one attached hydrogen (secondary N) is 1. The quantitative estimate of drug-likeness (QED) is 0.660. The normalized spacial score (nSPS) is 15.3. The maximum absolute atomic E-state index is 11.7. The zero-order valence-electron chi connectivity index (χ0n) is 13.6. The third kappa shape index (κ3) is 5.12. The average molecular weight is 322 g/mol. The van der Waals surface area contributed by atoms with Gasteiger partial charge in [-0.25, -0.2) is 4.79 Å². The molecule has 1 amide bonds. The van der Waals surface area contributed by atoms with Crippen molar-refractivity contribution in [1.29, 1.82) is 0 Å². The monoisotopic (exact) mass is 322 g/mol. The molecule has 0 aromatic heterocycles. The number of nitro benzene ring substituents is 1. The molecule has 0 bridgehead atoms. The molecule has 1 fully saturated rings. The van der Waals surface area contributed by atoms with Gasteiger partial charge < -0.3 is 9.47 Å². The molecular weight excluding hydrogens is 300 g/mol. The number of carbonyl (C=O) groups is 1. The van der Waals surface area contributed by atoms with Crippen LogP contribution in [0.4, 0.5) is 16.2 Å². The van der Waals surface area contributed by atoms with Crippen LogP contribution in [-0.4, -0.2) is 22.7 Å². The van der Waals surface area contributed by atoms with Crippen LogP contribution in [0.15, 0.2) is 18.2 Å². The van der Waals surface area contributed by atoms with Crippen molar-refractivity contribution in [3.63, 3.8) is 0 Å². The van der Waals surface area contributed by atoms with Crippen molar-refractivity contribution in [2.24, 2.45) is 0 Å². The molecule has 126 valence electrons. The Balaban J connectivity index is 2.12. The number of carbonyl (C=O) groups excluding carboxylic acids is 1. The molecular formula is C16H22N2O5. The molecule has 23 heavy (non-hydrogen) atoms. The highest BCUT2D eigenvalue weighted by Gasteiger charge is 2.23. The fourth-order valence-electron chi connectivity index (χ4n) is 2.44. The van der Waals surface area contributed by atoms with Crippen molar-refractivity contribution in [2.75, 3.05) is 5.32 Å². The number of hydrogen-bond acceptors (Lipinski definition) is 5. The number of nitrogens with zero attached hydrogens (tertiary/aromatic N) is 1. The van der Waals surface area contributed by atoms with Crippen LogP contribution >= 0.6 is 0 Å². The summed E-state index contributed by atoms with van der Waals surface area (Å²) in [6.07, 6.45) is 3.35. The van der Waals surface area contributed by atoms with Gasteiger partial charge in [0.1, 0.15) is 5.60 Å². The Morgan fingerprint density at radius 3 is 2.52 bits per heavy atom. The molecule has 0 saturated heterocycles. The van der Waals surface area contributed by atoms with Gasteiger partial charge in [-0.05, 0) is 58.6 Å². The molecule has 7 nitrogen and oxygen atoms in total. The predicted molar refractivity (Wildman–Crippen MR) is 85.8 cm³/mol. The number of rotatable bonds is 4. The number of ether oxygens (including phenoxy) is 2. The van der Waals surface area contributed by atoms with Gasteiger partial charge in [-0.1, -0.05) is 0 Å². The lowest BCUT2D eigenvalue weighted by Crippen LogP contribution is -2.27. The fraction of sp³-hybridized carbons (Fsp3) is 0.562. The maximum atomic E-state index is 11.7. The minimum atomic E-state index is -0.656. The first-order valence-corrected chi connectivity index (χ1v) is 7.70. The Bertz CT molecular complexity index is 589. The number of hydrogen-bond donors (Lipinski definition) is 1. The van der Waals surface area contributed by atoms with Crippen molar-refractivity contribution in [1.82, 2.24) is 0 Å². The maximum Gasteiger partial charge on any atom is 0.412 e. The summed E-state index contributed by atoms with van der Waals surface area (Å²) >= 11 is 0. The molecule has 0 unspecified atom stereocenters. The van der Waals surface area contributed by atoms with Gasteiger partial charge in [0.05, 0.1) is 16.7 Å². The smallest absolute Gasteiger partial charge is 0.412 e. The van der Waals surface area contributed by atoms with Gasteiger partial charge in [-0.15, -0.1) is 0 Å². The Morgan fingerprint density at radius 2 is 1.96 bits per heavy atom. The summed E-state index contributed by atoms with van der Waals surface area (Å²) < 4.78 is 10.9. The third-order valence-corrected chi connectivity index (χ3v) is 3.40. The molecule has 2 rings (SSSR count). The summed E-state index contributed by atoms with van der Waals surface area (Å²) in [6.45, 7) is 5.23. The SMILES string of the molecule is CC(C)(C)OC(=O)Nc1ccc(OC2CCCC2)c([N+](=O)[O-])c1. The molecule has 0 heterocycles. The highest BCUT2D eigenvalue weighted by atomic mass is 16.6. The summed E-state index contributed by atoms with van der Waals surface area (Å²) in [5.41, 5.74) is -0.503. The van der Waals surface area contributed by atoms with E-state index in [4.69, 9.17) is 9.47 Å². The minimum Gasteiger partial charge on any atom is -0.484 e. The second kappa shape index (κ2) is 6.85. The van der Waals surface area contributed by atoms with Crippen LogP contribution in [0.2, 0.25) is 0 Å². The summed E-state index contributed by atoms with van der Waals surface area (Å²) in [5, 5.41) is 13.7. The van der Waals surface area contributed by atoms with E-state index in [9.17, 15) is 14.9 Å². The number of anilines is 1. The van der Waals surface area contributed by atoms with E-state index in [1.807, 2.05) is 0 Å². The fourth-order valence-corrected chi connectivity index (χ4v) is 2.44. The first-order chi connectivity index (χ1) is 10.7. The Hall–Kier alpha value is -2.31. The van der Waals surface area contributed by atoms with Gasteiger partial charge in [-0.2, -0.15) is 0 Å². The second-order valence-electron chi connectivity index (χ2n) is 6.59. The van der Waals surface area contributed by atoms with Crippen molar-refractivity contribution in [2.45, 2.75) is 58.2 Å². The highest BCUT2D eigenvalue weighted by Crippen LogP contribution is 2.33. The first-order valence-electron chi connectivity index (χ1n) is 7.70. The summed E-state index contributed by atoms with van der Waals surface area (Å²) in [5.74, 6) is 0.233. The molecule has 0 atom stereocenters. The minimum absolute atomic E-state index is 0.0263. The number of nitro groups is 1. The van der Waals surface area contributed by atoms with Crippen molar-refractivity contribution >= 4 is 17.5 Å². The zero-order valence-corrected chi connectivity index (χ0v) is 13.6. The van der Waals surface area contributed by atoms with E-state index in [0.29, 0.717) is 5.69 Å². The molecule has 1 aliphatic carbocycles. The first kappa shape index (κ1) is 17.1. The summed E-state index contributed by atoms with van der Waals surface area (Å²) in [6, 6.07) is 4.37. The molecule has 7 heteroatoms. The van der Waals surface area contributed by atoms with E-state index in [1.165, 1.54) is 12.1 Å². The topological polar surface area (TPSA) is 90.7 Å². The van der Waals surface area contributed by atoms with Crippen molar-refractivity contribution in [3.05, 3.63) is 28.3 Å². The Labute approximate surface area is 135 Å². The zero-order chi connectivity index (χ0) is 17.0. The third-order valence-electron chi connectivity index (χ3n) is 3.40. The number of benzene rings is 1. The van der Waals surface area contributed by atoms with E-state index >= 15 is 0 Å². The summed E-state index contributed by atoms with van der Waals surface area (Å²) in [7, 11) is 0. The van der Waals surface area contributed by atoms with Gasteiger partial charge >= 0.3 is 11.8 Å². The highest BCUT2D eigenvalue weighted by molar-refractivity contribution is 5.85. The molecule has 1 aromatic rings. The Morgan fingerprint density at radius 1 is 1.30 bits per heavy atom. The standard InChI is InChI=1S/C16H22N2O5/c1-16(2,3)23-15(19)17-11-8-9-14(13(10-11)18(20)21)22-12-6-4-5-7-12/h8-10,12H,4-7H2,1-3H3,(H,17,19). The lowest BCUT2D eigenvalue weighted by atomic mass is 10.2. The largest absolute Gasteiger partial charge is 0.484 e. The Kier molecular flexibility index (Phi) is 5.08. The van der Waals surface area contributed by atoms with Crippen LogP contribution in [-0.2, 0) is 4.74 Å². The molecule has 0 aliphatic heterocycles. The van der Waals surface area contributed by atoms with Crippen LogP contribution in [0.3, 0.4) is 0 Å². The lowest BCUT2D eigenvalue weighted by Gasteiger charge is -2.20. The molecule has 0 radical (unpaired) electrons.